The molecule has 12 rings (SSSR count). The van der Waals surface area contributed by atoms with Gasteiger partial charge in [-0.2, -0.15) is 4.57 Å². The third-order valence-electron chi connectivity index (χ3n) is 15.3. The van der Waals surface area contributed by atoms with Gasteiger partial charge in [0.1, 0.15) is 41.4 Å². The smallest absolute Gasteiger partial charge is 0.339 e. The van der Waals surface area contributed by atoms with Gasteiger partial charge in [-0.1, -0.05) is 90.7 Å². The van der Waals surface area contributed by atoms with Crippen molar-refractivity contribution in [1.29, 1.82) is 0 Å². The molecule has 8 aromatic carbocycles. The van der Waals surface area contributed by atoms with Gasteiger partial charge in [-0.25, -0.2) is 19.2 Å². The minimum absolute atomic E-state index is 0.103. The van der Waals surface area contributed by atoms with Crippen LogP contribution in [0.25, 0.3) is 61.3 Å². The number of ether oxygens (including phenoxy) is 2. The molecule has 11 aromatic rings. The molecule has 0 spiro atoms. The summed E-state index contributed by atoms with van der Waals surface area (Å²) in [6.07, 6.45) is 4.61. The number of nitrogens with zero attached hydrogens (tertiary/aromatic N) is 3. The maximum absolute atomic E-state index is 12.9. The zero-order valence-corrected chi connectivity index (χ0v) is 47.4. The average Bonchev–Trinajstić information content (AvgIpc) is 2.81. The number of rotatable bonds is 11. The monoisotopic (exact) mass is 1120 g/mol. The van der Waals surface area contributed by atoms with Crippen molar-refractivity contribution in [3.8, 4) is 22.9 Å². The van der Waals surface area contributed by atoms with Crippen LogP contribution in [0.5, 0.6) is 17.2 Å². The first-order chi connectivity index (χ1) is 40.3. The summed E-state index contributed by atoms with van der Waals surface area (Å²) in [6.45, 7) is 8.02. The van der Waals surface area contributed by atoms with Crippen molar-refractivity contribution < 1.29 is 53.3 Å². The Hall–Kier alpha value is -10.5. The number of carbonyl (C=O) groups is 3. The van der Waals surface area contributed by atoms with Gasteiger partial charge in [-0.15, -0.1) is 0 Å². The van der Waals surface area contributed by atoms with Crippen LogP contribution < -0.4 is 24.9 Å². The molecule has 1 unspecified atom stereocenters. The van der Waals surface area contributed by atoms with Crippen LogP contribution in [0.15, 0.2) is 191 Å². The summed E-state index contributed by atoms with van der Waals surface area (Å²) in [5.41, 5.74) is 9.17. The molecule has 0 aliphatic carbocycles. The summed E-state index contributed by atoms with van der Waals surface area (Å²) >= 11 is 0. The van der Waals surface area contributed by atoms with E-state index in [9.17, 15) is 39.6 Å². The summed E-state index contributed by atoms with van der Waals surface area (Å²) < 4.78 is 21.5. The molecule has 1 aliphatic rings. The molecule has 0 saturated heterocycles. The fraction of sp³-hybridized carbons (Fsp3) is 0.157. The lowest BCUT2D eigenvalue weighted by Crippen LogP contribution is -2.43. The molecule has 84 heavy (non-hydrogen) atoms. The number of hydrogen-bond acceptors (Lipinski definition) is 10. The van der Waals surface area contributed by atoms with Crippen LogP contribution in [0.3, 0.4) is 0 Å². The fourth-order valence-electron chi connectivity index (χ4n) is 10.8. The minimum atomic E-state index is -1.34. The van der Waals surface area contributed by atoms with E-state index in [2.05, 4.69) is 128 Å². The van der Waals surface area contributed by atoms with Gasteiger partial charge in [-0.05, 0) is 145 Å². The van der Waals surface area contributed by atoms with Gasteiger partial charge in [0.25, 0.3) is 0 Å². The molecule has 0 saturated carbocycles. The first-order valence-corrected chi connectivity index (χ1v) is 27.2. The highest BCUT2D eigenvalue weighted by atomic mass is 16.6. The number of para-hydroxylation sites is 1. The largest absolute Gasteiger partial charge is 0.872 e. The second-order valence-electron chi connectivity index (χ2n) is 21.4. The normalized spacial score (nSPS) is 12.8. The number of fused-ring (bicyclic) bond motifs is 5. The molecule has 0 radical (unpaired) electrons. The van der Waals surface area contributed by atoms with Crippen LogP contribution in [0.4, 0.5) is 5.69 Å². The Bertz CT molecular complexity index is 4350. The number of anilines is 1. The van der Waals surface area contributed by atoms with Crippen molar-refractivity contribution in [3.63, 3.8) is 0 Å². The van der Waals surface area contributed by atoms with Gasteiger partial charge in [0.15, 0.2) is 0 Å². The molecule has 14 heteroatoms. The van der Waals surface area contributed by atoms with Gasteiger partial charge >= 0.3 is 23.5 Å². The van der Waals surface area contributed by atoms with Crippen molar-refractivity contribution in [2.24, 2.45) is 7.05 Å². The third-order valence-corrected chi connectivity index (χ3v) is 15.3. The molecule has 0 bridgehead atoms. The molecule has 1 atom stereocenters. The number of aromatic carboxylic acids is 2. The van der Waals surface area contributed by atoms with Crippen molar-refractivity contribution >= 4 is 79.2 Å². The van der Waals surface area contributed by atoms with Gasteiger partial charge in [0, 0.05) is 96.4 Å². The molecular weight excluding hydrogens is 1060 g/mol. The number of benzene rings is 8. The van der Waals surface area contributed by atoms with Gasteiger partial charge < -0.3 is 43.8 Å². The van der Waals surface area contributed by atoms with Crippen LogP contribution in [0, 0.1) is 13.8 Å². The lowest BCUT2D eigenvalue weighted by molar-refractivity contribution is -0.646. The van der Waals surface area contributed by atoms with E-state index in [4.69, 9.17) is 13.9 Å². The van der Waals surface area contributed by atoms with Crippen molar-refractivity contribution in [1.82, 2.24) is 4.57 Å². The molecule has 14 nitrogen and oxygen atoms in total. The Labute approximate surface area is 484 Å². The number of aromatic nitrogens is 2. The standard InChI is InChI=1S/C26H28N3.C23H16O6.C21H18O5/c1-19-17-21(20(2)29(19)24-9-7-6-8-10-24)11-13-23-14-12-22-18-25(27(3)4)15-16-26(22)28(23)5;24-20-16(14-7-3-1-5-12(14)9-18(20)22(26)27)11-17-15-8-4-2-6-13(15)10-19(21(17)25)23(28)29;1-21(2,26-20(23)13-6-4-3-5-7-13)18-11-15-10-14-8-9-19(22)25-16(14)12-17(15)24-18/h6-18H,1-5H3;1-10,24-25H,11H2,(H,26,27)(H,28,29);3-10,12,18H,11H2,1-2H3/q+1;;/p-1. The van der Waals surface area contributed by atoms with E-state index in [1.807, 2.05) is 26.0 Å². The Kier molecular flexibility index (Phi) is 15.9. The third kappa shape index (κ3) is 11.7. The number of carbonyl (C=O) groups excluding carboxylic acids is 1. The van der Waals surface area contributed by atoms with E-state index < -0.39 is 34.7 Å². The SMILES string of the molecule is CC(C)(OC(=O)c1ccccc1)C1Cc2cc3ccc(=O)oc3cc2O1.Cc1cc(C=Cc2ccc3cc(N(C)C)ccc3[n+]2C)c(C)n1-c1ccccc1.O=C(O)c1cc2ccccc2c(Cc2c(O)c(C(=O)O)cc3ccccc23)c1[O-]. The fourth-order valence-corrected chi connectivity index (χ4v) is 10.8. The quantitative estimate of drug-likeness (QED) is 0.0631. The zero-order chi connectivity index (χ0) is 59.6. The topological polar surface area (TPSA) is 196 Å². The minimum Gasteiger partial charge on any atom is -0.872 e. The molecular formula is C70H61N3O11. The van der Waals surface area contributed by atoms with Crippen molar-refractivity contribution in [2.45, 2.75) is 52.2 Å². The molecule has 1 aliphatic heterocycles. The highest BCUT2D eigenvalue weighted by Gasteiger charge is 2.40. The van der Waals surface area contributed by atoms with E-state index in [1.54, 1.807) is 84.9 Å². The number of hydrogen-bond donors (Lipinski definition) is 3. The second-order valence-corrected chi connectivity index (χ2v) is 21.4. The highest BCUT2D eigenvalue weighted by Crippen LogP contribution is 2.40. The van der Waals surface area contributed by atoms with Crippen LogP contribution in [0.1, 0.15) is 84.3 Å². The second kappa shape index (κ2) is 23.6. The Morgan fingerprint density at radius 1 is 0.714 bits per heavy atom. The van der Waals surface area contributed by atoms with Gasteiger partial charge in [0.2, 0.25) is 11.2 Å². The molecule has 4 heterocycles. The molecule has 0 fully saturated rings. The van der Waals surface area contributed by atoms with Crippen molar-refractivity contribution in [3.05, 3.63) is 248 Å². The molecule has 0 amide bonds. The van der Waals surface area contributed by atoms with Crippen LogP contribution in [-0.2, 0) is 24.6 Å². The lowest BCUT2D eigenvalue weighted by atomic mass is 9.90. The lowest BCUT2D eigenvalue weighted by Gasteiger charge is -2.30. The van der Waals surface area contributed by atoms with E-state index >= 15 is 0 Å². The van der Waals surface area contributed by atoms with Gasteiger partial charge in [-0.3, -0.25) is 0 Å². The van der Waals surface area contributed by atoms with Crippen molar-refractivity contribution in [2.75, 3.05) is 19.0 Å². The number of carboxylic acids is 2. The number of esters is 1. The van der Waals surface area contributed by atoms with Crippen LogP contribution in [-0.4, -0.2) is 63.6 Å². The Balaban J connectivity index is 0.000000141. The summed E-state index contributed by atoms with van der Waals surface area (Å²) in [7, 11) is 6.28. The zero-order valence-electron chi connectivity index (χ0n) is 47.4. The highest BCUT2D eigenvalue weighted by molar-refractivity contribution is 6.02. The number of aromatic hydroxyl groups is 1. The first kappa shape index (κ1) is 56.8. The Morgan fingerprint density at radius 2 is 1.33 bits per heavy atom. The maximum atomic E-state index is 12.9. The number of carboxylic acid groups (broad SMARTS) is 2. The molecule has 3 aromatic heterocycles. The van der Waals surface area contributed by atoms with Gasteiger partial charge in [0.05, 0.1) is 11.1 Å². The average molecular weight is 1120 g/mol. The van der Waals surface area contributed by atoms with E-state index in [1.165, 1.54) is 63.1 Å². The number of phenols is 1. The number of aryl methyl sites for hydroxylation is 2. The summed E-state index contributed by atoms with van der Waals surface area (Å²) in [5, 5.41) is 46.9. The first-order valence-electron chi connectivity index (χ1n) is 27.2. The molecule has 3 N–H and O–H groups in total. The maximum Gasteiger partial charge on any atom is 0.339 e. The molecule has 422 valence electrons. The van der Waals surface area contributed by atoms with E-state index in [0.29, 0.717) is 44.9 Å². The number of pyridine rings is 1. The Morgan fingerprint density at radius 3 is 2.00 bits per heavy atom. The predicted molar refractivity (Wildman–Crippen MR) is 326 cm³/mol. The van der Waals surface area contributed by atoms with E-state index in [-0.39, 0.29) is 40.7 Å². The predicted octanol–water partition coefficient (Wildman–Crippen LogP) is 12.8. The van der Waals surface area contributed by atoms with Crippen LogP contribution in [0.2, 0.25) is 0 Å². The summed E-state index contributed by atoms with van der Waals surface area (Å²) in [4.78, 5) is 49.1. The summed E-state index contributed by atoms with van der Waals surface area (Å²) in [6, 6.07) is 56.0. The summed E-state index contributed by atoms with van der Waals surface area (Å²) in [5.74, 6) is -3.44. The van der Waals surface area contributed by atoms with E-state index in [0.717, 1.165) is 10.9 Å². The van der Waals surface area contributed by atoms with Crippen LogP contribution >= 0.6 is 0 Å².